The molecule has 5 heteroatoms. The fourth-order valence-corrected chi connectivity index (χ4v) is 6.21. The van der Waals surface area contributed by atoms with Crippen molar-refractivity contribution >= 4 is 44.6 Å². The molecular formula is C19H25N3S2. The van der Waals surface area contributed by atoms with E-state index in [0.29, 0.717) is 16.9 Å². The zero-order valence-electron chi connectivity index (χ0n) is 14.8. The molecule has 2 bridgehead atoms. The van der Waals surface area contributed by atoms with E-state index in [1.807, 2.05) is 0 Å². The fraction of sp³-hybridized carbons (Fsp3) is 0.579. The summed E-state index contributed by atoms with van der Waals surface area (Å²) in [5, 5.41) is 5.46. The normalized spacial score (nSPS) is 28.3. The van der Waals surface area contributed by atoms with Gasteiger partial charge >= 0.3 is 0 Å². The van der Waals surface area contributed by atoms with Gasteiger partial charge in [-0.25, -0.2) is 4.98 Å². The summed E-state index contributed by atoms with van der Waals surface area (Å²) in [5.74, 6) is 0. The quantitative estimate of drug-likeness (QED) is 0.708. The minimum atomic E-state index is 0.400. The van der Waals surface area contributed by atoms with Gasteiger partial charge in [-0.2, -0.15) is 0 Å². The SMILES string of the molecule is Cc1nc2ccc(NC(=S)N3C[C@@]4(C)C[C@H]3CC(C)(C)C4)cc2s1. The van der Waals surface area contributed by atoms with Crippen LogP contribution in [0.1, 0.15) is 45.0 Å². The summed E-state index contributed by atoms with van der Waals surface area (Å²) in [4.78, 5) is 6.96. The highest BCUT2D eigenvalue weighted by Crippen LogP contribution is 2.52. The summed E-state index contributed by atoms with van der Waals surface area (Å²) in [6, 6.07) is 6.91. The standard InChI is InChI=1S/C19H25N3S2/c1-12-20-15-6-5-13(7-16(15)24-12)21-17(23)22-11-19(4)9-14(22)8-18(2,3)10-19/h5-7,14H,8-11H2,1-4H3,(H,21,23)/t14-,19+/m1/s1. The van der Waals surface area contributed by atoms with E-state index < -0.39 is 0 Å². The molecule has 1 aromatic heterocycles. The molecule has 1 saturated carbocycles. The van der Waals surface area contributed by atoms with Gasteiger partial charge in [-0.15, -0.1) is 11.3 Å². The van der Waals surface area contributed by atoms with Crippen molar-refractivity contribution < 1.29 is 0 Å². The number of hydrogen-bond donors (Lipinski definition) is 1. The Labute approximate surface area is 153 Å². The number of thiazole rings is 1. The lowest BCUT2D eigenvalue weighted by atomic mass is 9.65. The van der Waals surface area contributed by atoms with Gasteiger partial charge in [-0.05, 0) is 67.4 Å². The Bertz CT molecular complexity index is 810. The summed E-state index contributed by atoms with van der Waals surface area (Å²) < 4.78 is 1.22. The number of nitrogens with zero attached hydrogens (tertiary/aromatic N) is 2. The topological polar surface area (TPSA) is 28.2 Å². The van der Waals surface area contributed by atoms with E-state index in [1.165, 1.54) is 24.0 Å². The van der Waals surface area contributed by atoms with Gasteiger partial charge in [0, 0.05) is 18.3 Å². The molecule has 1 aromatic carbocycles. The van der Waals surface area contributed by atoms with Crippen molar-refractivity contribution in [2.24, 2.45) is 10.8 Å². The average molecular weight is 360 g/mol. The van der Waals surface area contributed by atoms with Crippen LogP contribution < -0.4 is 5.32 Å². The molecule has 24 heavy (non-hydrogen) atoms. The third-order valence-corrected chi connectivity index (χ3v) is 6.69. The van der Waals surface area contributed by atoms with Crippen molar-refractivity contribution in [2.75, 3.05) is 11.9 Å². The first kappa shape index (κ1) is 16.3. The predicted molar refractivity (Wildman–Crippen MR) is 107 cm³/mol. The second kappa shape index (κ2) is 5.40. The Morgan fingerprint density at radius 2 is 2.12 bits per heavy atom. The molecule has 0 unspecified atom stereocenters. The van der Waals surface area contributed by atoms with Gasteiger partial charge in [0.2, 0.25) is 0 Å². The molecule has 0 radical (unpaired) electrons. The summed E-state index contributed by atoms with van der Waals surface area (Å²) in [5.41, 5.74) is 2.96. The molecular weight excluding hydrogens is 334 g/mol. The van der Waals surface area contributed by atoms with Crippen LogP contribution in [0.2, 0.25) is 0 Å². The molecule has 1 saturated heterocycles. The summed E-state index contributed by atoms with van der Waals surface area (Å²) in [6.45, 7) is 10.4. The molecule has 2 fully saturated rings. The van der Waals surface area contributed by atoms with E-state index in [9.17, 15) is 0 Å². The number of aromatic nitrogens is 1. The lowest BCUT2D eigenvalue weighted by molar-refractivity contribution is 0.132. The van der Waals surface area contributed by atoms with Crippen molar-refractivity contribution in [1.29, 1.82) is 0 Å². The smallest absolute Gasteiger partial charge is 0.173 e. The van der Waals surface area contributed by atoms with E-state index in [-0.39, 0.29) is 0 Å². The Balaban J connectivity index is 1.53. The number of benzene rings is 1. The molecule has 3 nitrogen and oxygen atoms in total. The third-order valence-electron chi connectivity index (χ3n) is 5.42. The first-order valence-corrected chi connectivity index (χ1v) is 9.90. The van der Waals surface area contributed by atoms with Crippen LogP contribution in [0.3, 0.4) is 0 Å². The minimum absolute atomic E-state index is 0.400. The maximum absolute atomic E-state index is 5.78. The second-order valence-corrected chi connectivity index (χ2v) is 10.3. The lowest BCUT2D eigenvalue weighted by Crippen LogP contribution is -2.39. The van der Waals surface area contributed by atoms with Gasteiger partial charge < -0.3 is 10.2 Å². The van der Waals surface area contributed by atoms with Gasteiger partial charge in [0.1, 0.15) is 0 Å². The molecule has 2 aromatic rings. The second-order valence-electron chi connectivity index (χ2n) is 8.69. The highest BCUT2D eigenvalue weighted by molar-refractivity contribution is 7.80. The first-order valence-electron chi connectivity index (χ1n) is 8.68. The van der Waals surface area contributed by atoms with Crippen LogP contribution in [0.5, 0.6) is 0 Å². The highest BCUT2D eigenvalue weighted by atomic mass is 32.1. The van der Waals surface area contributed by atoms with Gasteiger partial charge in [0.15, 0.2) is 5.11 Å². The van der Waals surface area contributed by atoms with Gasteiger partial charge in [0.25, 0.3) is 0 Å². The number of nitrogens with one attached hydrogen (secondary N) is 1. The summed E-state index contributed by atoms with van der Waals surface area (Å²) in [7, 11) is 0. The van der Waals surface area contributed by atoms with Gasteiger partial charge in [-0.1, -0.05) is 20.8 Å². The van der Waals surface area contributed by atoms with Crippen LogP contribution in [0.4, 0.5) is 5.69 Å². The number of fused-ring (bicyclic) bond motifs is 3. The Kier molecular flexibility index (Phi) is 3.66. The third kappa shape index (κ3) is 2.93. The number of aryl methyl sites for hydroxylation is 1. The van der Waals surface area contributed by atoms with Crippen LogP contribution in [0, 0.1) is 17.8 Å². The zero-order chi connectivity index (χ0) is 17.1. The van der Waals surface area contributed by atoms with E-state index >= 15 is 0 Å². The molecule has 0 amide bonds. The van der Waals surface area contributed by atoms with Crippen LogP contribution in [0.15, 0.2) is 18.2 Å². The highest BCUT2D eigenvalue weighted by Gasteiger charge is 2.50. The average Bonchev–Trinajstić information content (AvgIpc) is 2.93. The molecule has 2 aliphatic rings. The largest absolute Gasteiger partial charge is 0.345 e. The van der Waals surface area contributed by atoms with Crippen molar-refractivity contribution in [3.8, 4) is 0 Å². The maximum atomic E-state index is 5.78. The van der Waals surface area contributed by atoms with Crippen LogP contribution in [-0.2, 0) is 0 Å². The Morgan fingerprint density at radius 1 is 1.33 bits per heavy atom. The van der Waals surface area contributed by atoms with Crippen LogP contribution in [0.25, 0.3) is 10.2 Å². The molecule has 2 atom stereocenters. The van der Waals surface area contributed by atoms with Crippen molar-refractivity contribution in [2.45, 2.75) is 53.0 Å². The van der Waals surface area contributed by atoms with Crippen LogP contribution in [-0.4, -0.2) is 27.6 Å². The first-order chi connectivity index (χ1) is 11.2. The molecule has 2 heterocycles. The number of hydrogen-bond acceptors (Lipinski definition) is 3. The number of rotatable bonds is 1. The Hall–Kier alpha value is -1.20. The van der Waals surface area contributed by atoms with E-state index in [1.54, 1.807) is 11.3 Å². The number of anilines is 1. The number of thiocarbonyl (C=S) groups is 1. The van der Waals surface area contributed by atoms with E-state index in [0.717, 1.165) is 27.9 Å². The predicted octanol–water partition coefficient (Wildman–Crippen LogP) is 5.20. The monoisotopic (exact) mass is 359 g/mol. The zero-order valence-corrected chi connectivity index (χ0v) is 16.5. The molecule has 1 aliphatic heterocycles. The van der Waals surface area contributed by atoms with Crippen molar-refractivity contribution in [3.63, 3.8) is 0 Å². The minimum Gasteiger partial charge on any atom is -0.345 e. The molecule has 128 valence electrons. The summed E-state index contributed by atoms with van der Waals surface area (Å²) >= 11 is 7.51. The summed E-state index contributed by atoms with van der Waals surface area (Å²) in [6.07, 6.45) is 3.80. The molecule has 1 aliphatic carbocycles. The van der Waals surface area contributed by atoms with Crippen molar-refractivity contribution in [1.82, 2.24) is 9.88 Å². The molecule has 4 rings (SSSR count). The fourth-order valence-electron chi connectivity index (χ4n) is 5.01. The maximum Gasteiger partial charge on any atom is 0.173 e. The lowest BCUT2D eigenvalue weighted by Gasteiger charge is -2.39. The van der Waals surface area contributed by atoms with Gasteiger partial charge in [0.05, 0.1) is 15.2 Å². The van der Waals surface area contributed by atoms with Gasteiger partial charge in [-0.3, -0.25) is 0 Å². The van der Waals surface area contributed by atoms with E-state index in [4.69, 9.17) is 12.2 Å². The van der Waals surface area contributed by atoms with E-state index in [2.05, 4.69) is 61.1 Å². The number of likely N-dealkylation sites (tertiary alicyclic amines) is 1. The van der Waals surface area contributed by atoms with Crippen molar-refractivity contribution in [3.05, 3.63) is 23.2 Å². The van der Waals surface area contributed by atoms with Crippen LogP contribution >= 0.6 is 23.6 Å². The molecule has 0 spiro atoms. The Morgan fingerprint density at radius 3 is 2.92 bits per heavy atom. The molecule has 1 N–H and O–H groups in total.